The quantitative estimate of drug-likeness (QED) is 0.868. The maximum absolute atomic E-state index is 12.4. The van der Waals surface area contributed by atoms with Crippen molar-refractivity contribution >= 4 is 11.9 Å². The van der Waals surface area contributed by atoms with Crippen molar-refractivity contribution in [3.8, 4) is 6.07 Å². The van der Waals surface area contributed by atoms with Gasteiger partial charge in [0.2, 0.25) is 5.91 Å². The smallest absolute Gasteiger partial charge is 0.318 e. The maximum atomic E-state index is 12.4. The molecule has 1 heterocycles. The van der Waals surface area contributed by atoms with Crippen LogP contribution in [0.3, 0.4) is 0 Å². The number of benzene rings is 1. The van der Waals surface area contributed by atoms with Crippen LogP contribution >= 0.6 is 0 Å². The molecule has 1 aliphatic rings. The summed E-state index contributed by atoms with van der Waals surface area (Å²) in [6.45, 7) is 4.71. The van der Waals surface area contributed by atoms with Gasteiger partial charge in [-0.2, -0.15) is 5.26 Å². The second-order valence-electron chi connectivity index (χ2n) is 5.42. The van der Waals surface area contributed by atoms with E-state index in [0.29, 0.717) is 18.7 Å². The Kier molecular flexibility index (Phi) is 4.99. The van der Waals surface area contributed by atoms with Gasteiger partial charge >= 0.3 is 6.03 Å². The number of rotatable bonds is 2. The third kappa shape index (κ3) is 3.55. The Bertz CT molecular complexity index is 608. The summed E-state index contributed by atoms with van der Waals surface area (Å²) >= 11 is 0. The van der Waals surface area contributed by atoms with Crippen molar-refractivity contribution < 1.29 is 9.59 Å². The SMILES string of the molecule is C[C@@H]1C(=O)NCCCN1C(=O)N[C@H](C)c1cccc(C#N)c1. The van der Waals surface area contributed by atoms with Crippen molar-refractivity contribution in [3.05, 3.63) is 35.4 Å². The summed E-state index contributed by atoms with van der Waals surface area (Å²) in [5, 5.41) is 14.6. The maximum Gasteiger partial charge on any atom is 0.318 e. The molecule has 1 aromatic carbocycles. The Morgan fingerprint density at radius 3 is 3.05 bits per heavy atom. The first-order valence-electron chi connectivity index (χ1n) is 7.38. The Balaban J connectivity index is 2.06. The van der Waals surface area contributed by atoms with Crippen molar-refractivity contribution in [1.82, 2.24) is 15.5 Å². The van der Waals surface area contributed by atoms with Crippen molar-refractivity contribution in [2.75, 3.05) is 13.1 Å². The van der Waals surface area contributed by atoms with Gasteiger partial charge in [-0.3, -0.25) is 4.79 Å². The van der Waals surface area contributed by atoms with Gasteiger partial charge in [0.05, 0.1) is 17.7 Å². The molecule has 0 unspecified atom stereocenters. The van der Waals surface area contributed by atoms with Crippen molar-refractivity contribution in [3.63, 3.8) is 0 Å². The van der Waals surface area contributed by atoms with E-state index in [1.807, 2.05) is 13.0 Å². The van der Waals surface area contributed by atoms with Gasteiger partial charge in [0, 0.05) is 13.1 Å². The van der Waals surface area contributed by atoms with E-state index in [0.717, 1.165) is 12.0 Å². The molecule has 0 spiro atoms. The highest BCUT2D eigenvalue weighted by Gasteiger charge is 2.28. The molecular formula is C16H20N4O2. The zero-order valence-electron chi connectivity index (χ0n) is 12.8. The van der Waals surface area contributed by atoms with Crippen LogP contribution in [0, 0.1) is 11.3 Å². The molecule has 0 aromatic heterocycles. The van der Waals surface area contributed by atoms with Crippen LogP contribution in [0.1, 0.15) is 37.4 Å². The van der Waals surface area contributed by atoms with E-state index in [2.05, 4.69) is 16.7 Å². The van der Waals surface area contributed by atoms with Gasteiger partial charge in [0.25, 0.3) is 0 Å². The highest BCUT2D eigenvalue weighted by molar-refractivity contribution is 5.87. The topological polar surface area (TPSA) is 85.2 Å². The molecule has 0 bridgehead atoms. The fraction of sp³-hybridized carbons (Fsp3) is 0.438. The second-order valence-corrected chi connectivity index (χ2v) is 5.42. The molecule has 1 saturated heterocycles. The Morgan fingerprint density at radius 2 is 2.32 bits per heavy atom. The lowest BCUT2D eigenvalue weighted by atomic mass is 10.1. The number of nitriles is 1. The molecule has 3 amide bonds. The fourth-order valence-electron chi connectivity index (χ4n) is 2.45. The van der Waals surface area contributed by atoms with E-state index in [-0.39, 0.29) is 18.0 Å². The fourth-order valence-corrected chi connectivity index (χ4v) is 2.45. The lowest BCUT2D eigenvalue weighted by molar-refractivity contribution is -0.124. The third-order valence-electron chi connectivity index (χ3n) is 3.84. The van der Waals surface area contributed by atoms with Crippen molar-refractivity contribution in [2.24, 2.45) is 0 Å². The highest BCUT2D eigenvalue weighted by atomic mass is 16.2. The monoisotopic (exact) mass is 300 g/mol. The molecule has 0 radical (unpaired) electrons. The minimum atomic E-state index is -0.486. The average Bonchev–Trinajstić information content (AvgIpc) is 2.69. The normalized spacial score (nSPS) is 19.6. The third-order valence-corrected chi connectivity index (χ3v) is 3.84. The summed E-state index contributed by atoms with van der Waals surface area (Å²) in [7, 11) is 0. The average molecular weight is 300 g/mol. The number of carbonyl (C=O) groups excluding carboxylic acids is 2. The summed E-state index contributed by atoms with van der Waals surface area (Å²) in [4.78, 5) is 25.8. The molecular weight excluding hydrogens is 280 g/mol. The summed E-state index contributed by atoms with van der Waals surface area (Å²) in [6, 6.07) is 8.23. The number of nitrogens with zero attached hydrogens (tertiary/aromatic N) is 2. The Hall–Kier alpha value is -2.55. The van der Waals surface area contributed by atoms with Crippen LogP contribution in [-0.2, 0) is 4.79 Å². The Labute approximate surface area is 130 Å². The van der Waals surface area contributed by atoms with Crippen molar-refractivity contribution in [2.45, 2.75) is 32.4 Å². The number of carbonyl (C=O) groups is 2. The number of amides is 3. The van der Waals surface area contributed by atoms with E-state index in [9.17, 15) is 9.59 Å². The molecule has 2 rings (SSSR count). The minimum Gasteiger partial charge on any atom is -0.354 e. The van der Waals surface area contributed by atoms with Crippen LogP contribution in [0.2, 0.25) is 0 Å². The largest absolute Gasteiger partial charge is 0.354 e. The van der Waals surface area contributed by atoms with Crippen molar-refractivity contribution in [1.29, 1.82) is 5.26 Å². The molecule has 1 fully saturated rings. The summed E-state index contributed by atoms with van der Waals surface area (Å²) in [5.41, 5.74) is 1.42. The van der Waals surface area contributed by atoms with Crippen LogP contribution < -0.4 is 10.6 Å². The van der Waals surface area contributed by atoms with Crippen LogP contribution in [0.25, 0.3) is 0 Å². The first kappa shape index (κ1) is 15.8. The lowest BCUT2D eigenvalue weighted by Crippen LogP contribution is -2.49. The van der Waals surface area contributed by atoms with Gasteiger partial charge in [0.15, 0.2) is 0 Å². The minimum absolute atomic E-state index is 0.133. The van der Waals surface area contributed by atoms with Crippen LogP contribution in [0.4, 0.5) is 4.79 Å². The summed E-state index contributed by atoms with van der Waals surface area (Å²) in [5.74, 6) is -0.133. The van der Waals surface area contributed by atoms with E-state index in [4.69, 9.17) is 5.26 Å². The molecule has 0 saturated carbocycles. The first-order chi connectivity index (χ1) is 10.5. The second kappa shape index (κ2) is 6.94. The van der Waals surface area contributed by atoms with E-state index < -0.39 is 6.04 Å². The molecule has 6 nitrogen and oxygen atoms in total. The van der Waals surface area contributed by atoms with Gasteiger partial charge in [0.1, 0.15) is 6.04 Å². The molecule has 6 heteroatoms. The van der Waals surface area contributed by atoms with Gasteiger partial charge in [-0.05, 0) is 38.0 Å². The first-order valence-corrected chi connectivity index (χ1v) is 7.38. The van der Waals surface area contributed by atoms with Crippen LogP contribution in [0.15, 0.2) is 24.3 Å². The lowest BCUT2D eigenvalue weighted by Gasteiger charge is -2.27. The van der Waals surface area contributed by atoms with E-state index in [1.54, 1.807) is 30.0 Å². The molecule has 1 aromatic rings. The van der Waals surface area contributed by atoms with E-state index >= 15 is 0 Å². The molecule has 0 aliphatic carbocycles. The molecule has 116 valence electrons. The standard InChI is InChI=1S/C16H20N4O2/c1-11(14-6-3-5-13(9-14)10-17)19-16(22)20-8-4-7-18-15(21)12(20)2/h3,5-6,9,11-12H,4,7-8H2,1-2H3,(H,18,21)(H,19,22)/t11-,12-/m1/s1. The predicted molar refractivity (Wildman–Crippen MR) is 81.9 cm³/mol. The molecule has 1 aliphatic heterocycles. The number of urea groups is 1. The van der Waals surface area contributed by atoms with Gasteiger partial charge in [-0.15, -0.1) is 0 Å². The van der Waals surface area contributed by atoms with E-state index in [1.165, 1.54) is 0 Å². The summed E-state index contributed by atoms with van der Waals surface area (Å²) in [6.07, 6.45) is 0.738. The van der Waals surface area contributed by atoms with Gasteiger partial charge in [-0.25, -0.2) is 4.79 Å². The number of hydrogen-bond donors (Lipinski definition) is 2. The molecule has 2 N–H and O–H groups in total. The summed E-state index contributed by atoms with van der Waals surface area (Å²) < 4.78 is 0. The Morgan fingerprint density at radius 1 is 1.55 bits per heavy atom. The predicted octanol–water partition coefficient (Wildman–Crippen LogP) is 1.54. The van der Waals surface area contributed by atoms with Gasteiger partial charge in [-0.1, -0.05) is 12.1 Å². The number of hydrogen-bond acceptors (Lipinski definition) is 3. The molecule has 2 atom stereocenters. The molecule has 22 heavy (non-hydrogen) atoms. The van der Waals surface area contributed by atoms with Crippen LogP contribution in [0.5, 0.6) is 0 Å². The number of nitrogens with one attached hydrogen (secondary N) is 2. The zero-order chi connectivity index (χ0) is 16.1. The van der Waals surface area contributed by atoms with Gasteiger partial charge < -0.3 is 15.5 Å². The highest BCUT2D eigenvalue weighted by Crippen LogP contribution is 2.15. The van der Waals surface area contributed by atoms with Crippen LogP contribution in [-0.4, -0.2) is 36.0 Å². The zero-order valence-corrected chi connectivity index (χ0v) is 12.8.